The van der Waals surface area contributed by atoms with Crippen LogP contribution in [-0.2, 0) is 32.5 Å². The Morgan fingerprint density at radius 2 is 1.87 bits per heavy atom. The van der Waals surface area contributed by atoms with E-state index in [1.165, 1.54) is 25.3 Å². The standard InChI is InChI=1S/C20H23Cl2NO6S/c1-12(2)29-18(20(24)25)9-13-4-6-17(28-3)14(8-13)11-23-30(26,27)19-7-5-15(21)10-16(19)22/h4-8,10,12,18,23H,9,11H2,1-3H3,(H,24,25). The fraction of sp³-hybridized carbons (Fsp3) is 0.350. The third-order valence-electron chi connectivity index (χ3n) is 4.11. The summed E-state index contributed by atoms with van der Waals surface area (Å²) in [5.41, 5.74) is 1.21. The Labute approximate surface area is 186 Å². The van der Waals surface area contributed by atoms with Crippen molar-refractivity contribution < 1.29 is 27.8 Å². The van der Waals surface area contributed by atoms with E-state index in [1.807, 2.05) is 0 Å². The number of hydrogen-bond acceptors (Lipinski definition) is 5. The first kappa shape index (κ1) is 24.4. The van der Waals surface area contributed by atoms with E-state index in [4.69, 9.17) is 32.7 Å². The number of methoxy groups -OCH3 is 1. The number of benzene rings is 2. The van der Waals surface area contributed by atoms with Crippen LogP contribution in [-0.4, -0.2) is 38.8 Å². The SMILES string of the molecule is COc1ccc(CC(OC(C)C)C(=O)O)cc1CNS(=O)(=O)c1ccc(Cl)cc1Cl. The topological polar surface area (TPSA) is 102 Å². The Morgan fingerprint density at radius 1 is 1.17 bits per heavy atom. The molecule has 0 aliphatic heterocycles. The van der Waals surface area contributed by atoms with Crippen molar-refractivity contribution in [3.8, 4) is 5.75 Å². The Bertz CT molecular complexity index is 1010. The molecule has 0 aliphatic carbocycles. The second-order valence-corrected chi connectivity index (χ2v) is 9.34. The lowest BCUT2D eigenvalue weighted by molar-refractivity contribution is -0.153. The van der Waals surface area contributed by atoms with E-state index in [2.05, 4.69) is 4.72 Å². The average Bonchev–Trinajstić information content (AvgIpc) is 2.65. The van der Waals surface area contributed by atoms with Crippen molar-refractivity contribution in [2.75, 3.05) is 7.11 Å². The number of nitrogens with one attached hydrogen (secondary N) is 1. The molecule has 0 radical (unpaired) electrons. The highest BCUT2D eigenvalue weighted by Gasteiger charge is 2.22. The summed E-state index contributed by atoms with van der Waals surface area (Å²) in [6.07, 6.45) is -1.14. The smallest absolute Gasteiger partial charge is 0.333 e. The van der Waals surface area contributed by atoms with Crippen LogP contribution in [0.15, 0.2) is 41.3 Å². The van der Waals surface area contributed by atoms with Gasteiger partial charge in [-0.25, -0.2) is 17.9 Å². The van der Waals surface area contributed by atoms with E-state index in [0.717, 1.165) is 0 Å². The minimum absolute atomic E-state index is 0.00542. The van der Waals surface area contributed by atoms with Gasteiger partial charge in [-0.1, -0.05) is 35.3 Å². The monoisotopic (exact) mass is 475 g/mol. The molecule has 7 nitrogen and oxygen atoms in total. The van der Waals surface area contributed by atoms with Crippen molar-refractivity contribution in [3.63, 3.8) is 0 Å². The summed E-state index contributed by atoms with van der Waals surface area (Å²) < 4.78 is 38.5. The molecule has 0 aliphatic rings. The Balaban J connectivity index is 2.24. The van der Waals surface area contributed by atoms with Crippen molar-refractivity contribution in [3.05, 3.63) is 57.6 Å². The fourth-order valence-electron chi connectivity index (χ4n) is 2.78. The van der Waals surface area contributed by atoms with Gasteiger partial charge in [0.15, 0.2) is 6.10 Å². The van der Waals surface area contributed by atoms with Gasteiger partial charge >= 0.3 is 5.97 Å². The number of hydrogen-bond donors (Lipinski definition) is 2. The van der Waals surface area contributed by atoms with Gasteiger partial charge in [0, 0.05) is 23.6 Å². The van der Waals surface area contributed by atoms with Crippen LogP contribution >= 0.6 is 23.2 Å². The van der Waals surface area contributed by atoms with Crippen molar-refractivity contribution >= 4 is 39.2 Å². The van der Waals surface area contributed by atoms with Gasteiger partial charge in [0.25, 0.3) is 0 Å². The van der Waals surface area contributed by atoms with E-state index in [1.54, 1.807) is 32.0 Å². The molecule has 1 atom stereocenters. The summed E-state index contributed by atoms with van der Waals surface area (Å²) in [6.45, 7) is 3.43. The molecule has 1 unspecified atom stereocenters. The van der Waals surface area contributed by atoms with E-state index in [-0.39, 0.29) is 29.0 Å². The molecule has 0 heterocycles. The van der Waals surface area contributed by atoms with Crippen LogP contribution in [0, 0.1) is 0 Å². The molecule has 164 valence electrons. The van der Waals surface area contributed by atoms with E-state index in [0.29, 0.717) is 21.9 Å². The normalized spacial score (nSPS) is 12.7. The van der Waals surface area contributed by atoms with Gasteiger partial charge in [-0.3, -0.25) is 0 Å². The second kappa shape index (κ2) is 10.5. The van der Waals surface area contributed by atoms with Gasteiger partial charge in [0.1, 0.15) is 10.6 Å². The molecule has 2 aromatic rings. The summed E-state index contributed by atoms with van der Waals surface area (Å²) in [7, 11) is -2.45. The number of sulfonamides is 1. The quantitative estimate of drug-likeness (QED) is 0.540. The number of ether oxygens (including phenoxy) is 2. The van der Waals surface area contributed by atoms with Crippen LogP contribution in [0.1, 0.15) is 25.0 Å². The van der Waals surface area contributed by atoms with Crippen molar-refractivity contribution in [2.45, 2.75) is 43.9 Å². The number of rotatable bonds is 10. The van der Waals surface area contributed by atoms with Gasteiger partial charge in [0.2, 0.25) is 10.0 Å². The Kier molecular flexibility index (Phi) is 8.52. The van der Waals surface area contributed by atoms with Gasteiger partial charge in [-0.2, -0.15) is 0 Å². The lowest BCUT2D eigenvalue weighted by Gasteiger charge is -2.18. The summed E-state index contributed by atoms with van der Waals surface area (Å²) >= 11 is 11.8. The average molecular weight is 476 g/mol. The number of aliphatic carboxylic acids is 1. The van der Waals surface area contributed by atoms with Crippen molar-refractivity contribution in [2.24, 2.45) is 0 Å². The summed E-state index contributed by atoms with van der Waals surface area (Å²) in [6, 6.07) is 9.16. The van der Waals surface area contributed by atoms with Crippen LogP contribution in [0.4, 0.5) is 0 Å². The largest absolute Gasteiger partial charge is 0.496 e. The summed E-state index contributed by atoms with van der Waals surface area (Å²) in [4.78, 5) is 11.4. The molecule has 0 saturated carbocycles. The first-order chi connectivity index (χ1) is 14.0. The maximum atomic E-state index is 12.6. The molecule has 0 bridgehead atoms. The van der Waals surface area contributed by atoms with E-state index < -0.39 is 22.1 Å². The summed E-state index contributed by atoms with van der Waals surface area (Å²) in [5.74, 6) is -0.612. The second-order valence-electron chi connectivity index (χ2n) is 6.76. The molecule has 30 heavy (non-hydrogen) atoms. The number of halogens is 2. The zero-order valence-corrected chi connectivity index (χ0v) is 19.0. The van der Waals surface area contributed by atoms with Crippen molar-refractivity contribution in [1.29, 1.82) is 0 Å². The molecule has 2 rings (SSSR count). The zero-order valence-electron chi connectivity index (χ0n) is 16.7. The van der Waals surface area contributed by atoms with Crippen LogP contribution in [0.25, 0.3) is 0 Å². The first-order valence-electron chi connectivity index (χ1n) is 9.02. The third-order valence-corrected chi connectivity index (χ3v) is 6.23. The first-order valence-corrected chi connectivity index (χ1v) is 11.3. The number of carboxylic acid groups (broad SMARTS) is 1. The third kappa shape index (κ3) is 6.58. The lowest BCUT2D eigenvalue weighted by atomic mass is 10.0. The Hall–Kier alpha value is -1.84. The minimum Gasteiger partial charge on any atom is -0.496 e. The maximum Gasteiger partial charge on any atom is 0.333 e. The van der Waals surface area contributed by atoms with Gasteiger partial charge < -0.3 is 14.6 Å². The predicted octanol–water partition coefficient (Wildman–Crippen LogP) is 3.90. The highest BCUT2D eigenvalue weighted by Crippen LogP contribution is 2.26. The number of carbonyl (C=O) groups is 1. The van der Waals surface area contributed by atoms with Gasteiger partial charge in [-0.05, 0) is 43.7 Å². The maximum absolute atomic E-state index is 12.6. The van der Waals surface area contributed by atoms with Crippen LogP contribution < -0.4 is 9.46 Å². The molecule has 2 N–H and O–H groups in total. The molecule has 0 saturated heterocycles. The van der Waals surface area contributed by atoms with Gasteiger partial charge in [0.05, 0.1) is 18.2 Å². The summed E-state index contributed by atoms with van der Waals surface area (Å²) in [5, 5.41) is 9.70. The number of carboxylic acids is 1. The highest BCUT2D eigenvalue weighted by atomic mass is 35.5. The Morgan fingerprint density at radius 3 is 2.43 bits per heavy atom. The van der Waals surface area contributed by atoms with Gasteiger partial charge in [-0.15, -0.1) is 0 Å². The lowest BCUT2D eigenvalue weighted by Crippen LogP contribution is -2.29. The van der Waals surface area contributed by atoms with Crippen LogP contribution in [0.2, 0.25) is 10.0 Å². The van der Waals surface area contributed by atoms with Crippen LogP contribution in [0.5, 0.6) is 5.75 Å². The van der Waals surface area contributed by atoms with Crippen LogP contribution in [0.3, 0.4) is 0 Å². The molecule has 10 heteroatoms. The van der Waals surface area contributed by atoms with E-state index >= 15 is 0 Å². The highest BCUT2D eigenvalue weighted by molar-refractivity contribution is 7.89. The fourth-order valence-corrected chi connectivity index (χ4v) is 4.55. The molecule has 0 spiro atoms. The molecular weight excluding hydrogens is 453 g/mol. The zero-order chi connectivity index (χ0) is 22.5. The predicted molar refractivity (Wildman–Crippen MR) is 115 cm³/mol. The van der Waals surface area contributed by atoms with Crippen molar-refractivity contribution in [1.82, 2.24) is 4.72 Å². The van der Waals surface area contributed by atoms with E-state index in [9.17, 15) is 18.3 Å². The molecule has 0 amide bonds. The molecule has 0 fully saturated rings. The molecule has 0 aromatic heterocycles. The molecule has 2 aromatic carbocycles. The minimum atomic E-state index is -3.91. The molecular formula is C20H23Cl2NO6S.